The fourth-order valence-electron chi connectivity index (χ4n) is 1.43. The van der Waals surface area contributed by atoms with E-state index in [-0.39, 0.29) is 5.12 Å². The van der Waals surface area contributed by atoms with Crippen LogP contribution in [0.4, 0.5) is 0 Å². The van der Waals surface area contributed by atoms with Crippen LogP contribution >= 0.6 is 11.8 Å². The number of carbonyl (C=O) groups excluding carboxylic acids is 1. The summed E-state index contributed by atoms with van der Waals surface area (Å²) >= 11 is 1.22. The van der Waals surface area contributed by atoms with E-state index >= 15 is 0 Å². The van der Waals surface area contributed by atoms with Gasteiger partial charge in [-0.3, -0.25) is 4.79 Å². The Kier molecular flexibility index (Phi) is 2.88. The van der Waals surface area contributed by atoms with Gasteiger partial charge in [0.15, 0.2) is 0 Å². The highest BCUT2D eigenvalue weighted by molar-refractivity contribution is 8.14. The first kappa shape index (κ1) is 9.99. The minimum atomic E-state index is -0.0219. The fraction of sp³-hybridized carbons (Fsp3) is 0. The molecule has 0 heterocycles. The zero-order valence-corrected chi connectivity index (χ0v) is 8.96. The van der Waals surface area contributed by atoms with Crippen molar-refractivity contribution >= 4 is 27.6 Å². The molecule has 2 heteroatoms. The number of thioether (sulfide) groups is 1. The average molecular weight is 214 g/mol. The summed E-state index contributed by atoms with van der Waals surface area (Å²) < 4.78 is 0. The summed E-state index contributed by atoms with van der Waals surface area (Å²) in [6, 6.07) is 14.0. The molecular formula is C13H10OS. The average Bonchev–Trinajstić information content (AvgIpc) is 2.29. The van der Waals surface area contributed by atoms with Crippen molar-refractivity contribution in [1.82, 2.24) is 0 Å². The predicted molar refractivity (Wildman–Crippen MR) is 65.0 cm³/mol. The maximum absolute atomic E-state index is 11.3. The first-order chi connectivity index (χ1) is 7.31. The molecule has 0 saturated carbocycles. The van der Waals surface area contributed by atoms with Crippen LogP contribution in [0.1, 0.15) is 0 Å². The van der Waals surface area contributed by atoms with Gasteiger partial charge in [-0.05, 0) is 34.7 Å². The van der Waals surface area contributed by atoms with Crippen molar-refractivity contribution in [3.05, 3.63) is 55.1 Å². The van der Waals surface area contributed by atoms with Crippen molar-refractivity contribution in [2.24, 2.45) is 0 Å². The number of hydrogen-bond donors (Lipinski definition) is 0. The van der Waals surface area contributed by atoms with Crippen molar-refractivity contribution in [3.8, 4) is 0 Å². The molecule has 0 amide bonds. The van der Waals surface area contributed by atoms with E-state index in [9.17, 15) is 4.79 Å². The second kappa shape index (κ2) is 4.32. The summed E-state index contributed by atoms with van der Waals surface area (Å²) in [5.41, 5.74) is 0. The molecule has 0 N–H and O–H groups in total. The zero-order chi connectivity index (χ0) is 10.7. The zero-order valence-electron chi connectivity index (χ0n) is 8.14. The Morgan fingerprint density at radius 2 is 1.87 bits per heavy atom. The smallest absolute Gasteiger partial charge is 0.216 e. The largest absolute Gasteiger partial charge is 0.282 e. The molecular weight excluding hydrogens is 204 g/mol. The van der Waals surface area contributed by atoms with Crippen LogP contribution in [0.2, 0.25) is 0 Å². The molecule has 0 bridgehead atoms. The van der Waals surface area contributed by atoms with Crippen LogP contribution in [-0.2, 0) is 4.79 Å². The molecule has 0 aliphatic heterocycles. The van der Waals surface area contributed by atoms with Gasteiger partial charge in [-0.25, -0.2) is 0 Å². The van der Waals surface area contributed by atoms with E-state index in [0.717, 1.165) is 15.7 Å². The molecule has 15 heavy (non-hydrogen) atoms. The quantitative estimate of drug-likeness (QED) is 0.560. The normalized spacial score (nSPS) is 10.1. The second-order valence-corrected chi connectivity index (χ2v) is 4.15. The topological polar surface area (TPSA) is 17.1 Å². The lowest BCUT2D eigenvalue weighted by Crippen LogP contribution is -1.84. The van der Waals surface area contributed by atoms with Crippen LogP contribution in [0.3, 0.4) is 0 Å². The van der Waals surface area contributed by atoms with Crippen molar-refractivity contribution in [2.75, 3.05) is 0 Å². The lowest BCUT2D eigenvalue weighted by Gasteiger charge is -2.03. The summed E-state index contributed by atoms with van der Waals surface area (Å²) in [5.74, 6) is 0. The molecule has 0 saturated heterocycles. The highest BCUT2D eigenvalue weighted by Crippen LogP contribution is 2.28. The molecule has 0 fully saturated rings. The van der Waals surface area contributed by atoms with E-state index in [2.05, 4.69) is 6.58 Å². The maximum Gasteiger partial charge on any atom is 0.216 e. The fourth-order valence-corrected chi connectivity index (χ4v) is 2.18. The van der Waals surface area contributed by atoms with Crippen molar-refractivity contribution < 1.29 is 4.79 Å². The molecule has 0 unspecified atom stereocenters. The van der Waals surface area contributed by atoms with Gasteiger partial charge in [-0.15, -0.1) is 0 Å². The Hall–Kier alpha value is -1.54. The van der Waals surface area contributed by atoms with Gasteiger partial charge in [0.1, 0.15) is 0 Å². The van der Waals surface area contributed by atoms with E-state index < -0.39 is 0 Å². The molecule has 0 spiro atoms. The number of fused-ring (bicyclic) bond motifs is 1. The van der Waals surface area contributed by atoms with Crippen LogP contribution in [0.15, 0.2) is 60.0 Å². The highest BCUT2D eigenvalue weighted by Gasteiger charge is 2.03. The standard InChI is InChI=1S/C13H10OS/c1-2-13(14)15-12-9-5-7-10-6-3-4-8-11(10)12/h2-9H,1H2. The maximum atomic E-state index is 11.3. The number of hydrogen-bond acceptors (Lipinski definition) is 2. The van der Waals surface area contributed by atoms with E-state index in [1.165, 1.54) is 17.8 Å². The van der Waals surface area contributed by atoms with Crippen LogP contribution in [0, 0.1) is 0 Å². The minimum absolute atomic E-state index is 0.0219. The second-order valence-electron chi connectivity index (χ2n) is 3.10. The molecule has 0 radical (unpaired) electrons. The van der Waals surface area contributed by atoms with Gasteiger partial charge in [0.05, 0.1) is 0 Å². The lowest BCUT2D eigenvalue weighted by atomic mass is 10.1. The van der Waals surface area contributed by atoms with Crippen molar-refractivity contribution in [3.63, 3.8) is 0 Å². The van der Waals surface area contributed by atoms with Crippen molar-refractivity contribution in [2.45, 2.75) is 4.90 Å². The monoisotopic (exact) mass is 214 g/mol. The molecule has 0 aliphatic rings. The molecule has 0 aromatic heterocycles. The molecule has 2 rings (SSSR count). The van der Waals surface area contributed by atoms with E-state index in [0.29, 0.717) is 0 Å². The lowest BCUT2D eigenvalue weighted by molar-refractivity contribution is -0.107. The van der Waals surface area contributed by atoms with Gasteiger partial charge in [0.2, 0.25) is 5.12 Å². The van der Waals surface area contributed by atoms with Crippen LogP contribution in [-0.4, -0.2) is 5.12 Å². The van der Waals surface area contributed by atoms with Gasteiger partial charge >= 0.3 is 0 Å². The van der Waals surface area contributed by atoms with Gasteiger partial charge in [0.25, 0.3) is 0 Å². The third-order valence-electron chi connectivity index (χ3n) is 2.13. The number of carbonyl (C=O) groups is 1. The molecule has 1 nitrogen and oxygen atoms in total. The highest BCUT2D eigenvalue weighted by atomic mass is 32.2. The predicted octanol–water partition coefficient (Wildman–Crippen LogP) is 3.64. The third kappa shape index (κ3) is 2.10. The summed E-state index contributed by atoms with van der Waals surface area (Å²) in [5, 5.41) is 2.24. The summed E-state index contributed by atoms with van der Waals surface area (Å²) in [7, 11) is 0. The SMILES string of the molecule is C=CC(=O)Sc1cccc2ccccc12. The van der Waals surface area contributed by atoms with Gasteiger partial charge in [0, 0.05) is 4.90 Å². The number of rotatable bonds is 2. The summed E-state index contributed by atoms with van der Waals surface area (Å²) in [4.78, 5) is 12.3. The Balaban J connectivity index is 2.51. The van der Waals surface area contributed by atoms with E-state index in [1.807, 2.05) is 42.5 Å². The summed E-state index contributed by atoms with van der Waals surface area (Å²) in [6.45, 7) is 3.47. The Labute approximate surface area is 92.8 Å². The molecule has 0 aliphatic carbocycles. The molecule has 0 atom stereocenters. The van der Waals surface area contributed by atoms with Gasteiger partial charge < -0.3 is 0 Å². The number of benzene rings is 2. The van der Waals surface area contributed by atoms with Gasteiger partial charge in [-0.1, -0.05) is 43.0 Å². The molecule has 74 valence electrons. The first-order valence-electron chi connectivity index (χ1n) is 4.63. The third-order valence-corrected chi connectivity index (χ3v) is 3.07. The molecule has 2 aromatic carbocycles. The van der Waals surface area contributed by atoms with Crippen LogP contribution < -0.4 is 0 Å². The summed E-state index contributed by atoms with van der Waals surface area (Å²) in [6.07, 6.45) is 1.34. The van der Waals surface area contributed by atoms with Gasteiger partial charge in [-0.2, -0.15) is 0 Å². The first-order valence-corrected chi connectivity index (χ1v) is 5.45. The van der Waals surface area contributed by atoms with Crippen LogP contribution in [0.25, 0.3) is 10.8 Å². The Morgan fingerprint density at radius 1 is 1.13 bits per heavy atom. The van der Waals surface area contributed by atoms with E-state index in [4.69, 9.17) is 0 Å². The van der Waals surface area contributed by atoms with E-state index in [1.54, 1.807) is 0 Å². The molecule has 2 aromatic rings. The Bertz CT molecular complexity index is 511. The Morgan fingerprint density at radius 3 is 2.67 bits per heavy atom. The van der Waals surface area contributed by atoms with Crippen LogP contribution in [0.5, 0.6) is 0 Å². The van der Waals surface area contributed by atoms with Crippen molar-refractivity contribution in [1.29, 1.82) is 0 Å². The minimum Gasteiger partial charge on any atom is -0.282 e.